The molecule has 1 heterocycles. The minimum Gasteiger partial charge on any atom is -0.463 e. The Kier molecular flexibility index (Phi) is 4.41. The number of aliphatic hydroxyl groups excluding tert-OH is 1. The van der Waals surface area contributed by atoms with Gasteiger partial charge in [-0.1, -0.05) is 18.2 Å². The van der Waals surface area contributed by atoms with Crippen LogP contribution in [0.5, 0.6) is 0 Å². The number of rotatable bonds is 3. The number of para-hydroxylation sites is 1. The van der Waals surface area contributed by atoms with Gasteiger partial charge in [-0.2, -0.15) is 5.26 Å². The van der Waals surface area contributed by atoms with Gasteiger partial charge in [0.15, 0.2) is 6.23 Å². The number of esters is 1. The fraction of sp³-hybridized carbons (Fsp3) is 0.250. The van der Waals surface area contributed by atoms with Gasteiger partial charge in [-0.05, 0) is 32.1 Å². The van der Waals surface area contributed by atoms with Crippen molar-refractivity contribution in [2.45, 2.75) is 20.1 Å². The highest BCUT2D eigenvalue weighted by molar-refractivity contribution is 5.92. The standard InChI is InChI=1S/C16H16N2O3/c1-3-21-16(20)14-9-12(10-17)11(2)18(15(14)19)13-7-5-4-6-8-13/h4-9,15,19H,3H2,1-2H3. The lowest BCUT2D eigenvalue weighted by Crippen LogP contribution is -2.40. The van der Waals surface area contributed by atoms with Crippen LogP contribution in [0.25, 0.3) is 0 Å². The van der Waals surface area contributed by atoms with Crippen LogP contribution in [0.3, 0.4) is 0 Å². The summed E-state index contributed by atoms with van der Waals surface area (Å²) < 4.78 is 4.94. The Morgan fingerprint density at radius 1 is 1.43 bits per heavy atom. The zero-order chi connectivity index (χ0) is 15.4. The van der Waals surface area contributed by atoms with Crippen molar-refractivity contribution in [1.82, 2.24) is 0 Å². The van der Waals surface area contributed by atoms with Crippen LogP contribution in [0.15, 0.2) is 53.3 Å². The van der Waals surface area contributed by atoms with E-state index in [4.69, 9.17) is 4.74 Å². The van der Waals surface area contributed by atoms with E-state index in [1.54, 1.807) is 30.9 Å². The second-order valence-corrected chi connectivity index (χ2v) is 4.51. The minimum absolute atomic E-state index is 0.0582. The summed E-state index contributed by atoms with van der Waals surface area (Å²) in [6.07, 6.45) is 0.209. The van der Waals surface area contributed by atoms with E-state index in [0.29, 0.717) is 17.0 Å². The van der Waals surface area contributed by atoms with Crippen LogP contribution in [-0.4, -0.2) is 23.9 Å². The van der Waals surface area contributed by atoms with Gasteiger partial charge < -0.3 is 14.7 Å². The van der Waals surface area contributed by atoms with Gasteiger partial charge in [0.1, 0.15) is 6.07 Å². The molecule has 2 rings (SSSR count). The molecule has 108 valence electrons. The molecule has 5 heteroatoms. The maximum atomic E-state index is 11.9. The van der Waals surface area contributed by atoms with Gasteiger partial charge in [-0.25, -0.2) is 4.79 Å². The number of anilines is 1. The van der Waals surface area contributed by atoms with Crippen LogP contribution in [-0.2, 0) is 9.53 Å². The molecule has 1 aromatic rings. The lowest BCUT2D eigenvalue weighted by atomic mass is 10.0. The first-order chi connectivity index (χ1) is 10.1. The molecule has 5 nitrogen and oxygen atoms in total. The summed E-state index contributed by atoms with van der Waals surface area (Å²) in [6, 6.07) is 11.1. The largest absolute Gasteiger partial charge is 0.463 e. The molecule has 1 atom stereocenters. The van der Waals surface area contributed by atoms with Crippen LogP contribution in [0.2, 0.25) is 0 Å². The first-order valence-electron chi connectivity index (χ1n) is 6.62. The lowest BCUT2D eigenvalue weighted by Gasteiger charge is -2.34. The summed E-state index contributed by atoms with van der Waals surface area (Å²) in [7, 11) is 0. The van der Waals surface area contributed by atoms with Gasteiger partial charge in [0.05, 0.1) is 17.8 Å². The number of hydrogen-bond donors (Lipinski definition) is 1. The zero-order valence-corrected chi connectivity index (χ0v) is 11.9. The fourth-order valence-corrected chi connectivity index (χ4v) is 2.20. The van der Waals surface area contributed by atoms with Crippen molar-refractivity contribution in [2.75, 3.05) is 11.5 Å². The maximum Gasteiger partial charge on any atom is 0.338 e. The number of nitriles is 1. The summed E-state index contributed by atoms with van der Waals surface area (Å²) >= 11 is 0. The molecule has 0 saturated carbocycles. The lowest BCUT2D eigenvalue weighted by molar-refractivity contribution is -0.139. The highest BCUT2D eigenvalue weighted by Crippen LogP contribution is 2.31. The third-order valence-electron chi connectivity index (χ3n) is 3.24. The number of nitrogens with zero attached hydrogens (tertiary/aromatic N) is 2. The highest BCUT2D eigenvalue weighted by atomic mass is 16.5. The first kappa shape index (κ1) is 14.8. The van der Waals surface area contributed by atoms with E-state index in [2.05, 4.69) is 0 Å². The Labute approximate surface area is 123 Å². The molecule has 1 aliphatic heterocycles. The van der Waals surface area contributed by atoms with Gasteiger partial charge in [-0.3, -0.25) is 0 Å². The molecule has 1 N–H and O–H groups in total. The third-order valence-corrected chi connectivity index (χ3v) is 3.24. The number of hydrogen-bond acceptors (Lipinski definition) is 5. The van der Waals surface area contributed by atoms with Crippen LogP contribution < -0.4 is 4.90 Å². The predicted octanol–water partition coefficient (Wildman–Crippen LogP) is 2.11. The Morgan fingerprint density at radius 2 is 2.10 bits per heavy atom. The smallest absolute Gasteiger partial charge is 0.338 e. The van der Waals surface area contributed by atoms with E-state index in [0.717, 1.165) is 0 Å². The molecule has 1 aromatic carbocycles. The molecule has 0 aliphatic carbocycles. The Balaban J connectivity index is 2.49. The van der Waals surface area contributed by atoms with E-state index in [9.17, 15) is 15.2 Å². The monoisotopic (exact) mass is 284 g/mol. The number of allylic oxidation sites excluding steroid dienone is 3. The van der Waals surface area contributed by atoms with E-state index in [1.165, 1.54) is 6.08 Å². The SMILES string of the molecule is CCOC(=O)C1=CC(C#N)=C(C)N(c2ccccc2)C1O. The van der Waals surface area contributed by atoms with E-state index in [-0.39, 0.29) is 12.2 Å². The second kappa shape index (κ2) is 6.25. The Morgan fingerprint density at radius 3 is 2.67 bits per heavy atom. The van der Waals surface area contributed by atoms with Crippen molar-refractivity contribution in [2.24, 2.45) is 0 Å². The number of carbonyl (C=O) groups excluding carboxylic acids is 1. The summed E-state index contributed by atoms with van der Waals surface area (Å²) in [5, 5.41) is 19.7. The molecular weight excluding hydrogens is 268 g/mol. The Bertz CT molecular complexity index is 641. The van der Waals surface area contributed by atoms with E-state index in [1.807, 2.05) is 24.3 Å². The topological polar surface area (TPSA) is 73.6 Å². The fourth-order valence-electron chi connectivity index (χ4n) is 2.20. The summed E-state index contributed by atoms with van der Waals surface area (Å²) in [4.78, 5) is 13.5. The molecule has 0 amide bonds. The van der Waals surface area contributed by atoms with E-state index < -0.39 is 12.2 Å². The summed E-state index contributed by atoms with van der Waals surface area (Å²) in [5.41, 5.74) is 1.67. The number of aliphatic hydroxyl groups is 1. The van der Waals surface area contributed by atoms with Gasteiger partial charge in [0.25, 0.3) is 0 Å². The molecular formula is C16H16N2O3. The van der Waals surface area contributed by atoms with Crippen molar-refractivity contribution < 1.29 is 14.6 Å². The predicted molar refractivity (Wildman–Crippen MR) is 78.0 cm³/mol. The van der Waals surface area contributed by atoms with Crippen molar-refractivity contribution in [1.29, 1.82) is 5.26 Å². The second-order valence-electron chi connectivity index (χ2n) is 4.51. The normalized spacial score (nSPS) is 18.1. The average molecular weight is 284 g/mol. The summed E-state index contributed by atoms with van der Waals surface area (Å²) in [6.45, 7) is 3.63. The van der Waals surface area contributed by atoms with Crippen molar-refractivity contribution >= 4 is 11.7 Å². The molecule has 0 radical (unpaired) electrons. The van der Waals surface area contributed by atoms with Gasteiger partial charge >= 0.3 is 5.97 Å². The minimum atomic E-state index is -1.18. The van der Waals surface area contributed by atoms with Crippen molar-refractivity contribution in [3.63, 3.8) is 0 Å². The van der Waals surface area contributed by atoms with Crippen LogP contribution in [0, 0.1) is 11.3 Å². The van der Waals surface area contributed by atoms with Crippen LogP contribution >= 0.6 is 0 Å². The number of carbonyl (C=O) groups is 1. The summed E-state index contributed by atoms with van der Waals surface area (Å²) in [5.74, 6) is -0.619. The van der Waals surface area contributed by atoms with Gasteiger partial charge in [-0.15, -0.1) is 0 Å². The van der Waals surface area contributed by atoms with Gasteiger partial charge in [0, 0.05) is 11.4 Å². The van der Waals surface area contributed by atoms with Crippen LogP contribution in [0.4, 0.5) is 5.69 Å². The average Bonchev–Trinajstić information content (AvgIpc) is 2.49. The highest BCUT2D eigenvalue weighted by Gasteiger charge is 2.32. The molecule has 0 bridgehead atoms. The molecule has 1 aliphatic rings. The molecule has 0 fully saturated rings. The van der Waals surface area contributed by atoms with E-state index >= 15 is 0 Å². The first-order valence-corrected chi connectivity index (χ1v) is 6.62. The zero-order valence-electron chi connectivity index (χ0n) is 11.9. The molecule has 0 aromatic heterocycles. The molecule has 0 saturated heterocycles. The Hall–Kier alpha value is -2.58. The van der Waals surface area contributed by atoms with Gasteiger partial charge in [0.2, 0.25) is 0 Å². The molecule has 0 spiro atoms. The molecule has 1 unspecified atom stereocenters. The van der Waals surface area contributed by atoms with Crippen molar-refractivity contribution in [3.05, 3.63) is 53.3 Å². The van der Waals surface area contributed by atoms with Crippen molar-refractivity contribution in [3.8, 4) is 6.07 Å². The maximum absolute atomic E-state index is 11.9. The molecule has 21 heavy (non-hydrogen) atoms. The van der Waals surface area contributed by atoms with Crippen LogP contribution in [0.1, 0.15) is 13.8 Å². The third kappa shape index (κ3) is 2.81. The number of benzene rings is 1. The number of ether oxygens (including phenoxy) is 1. The quantitative estimate of drug-likeness (QED) is 0.861.